The lowest BCUT2D eigenvalue weighted by molar-refractivity contribution is -0.127. The molecule has 0 saturated heterocycles. The lowest BCUT2D eigenvalue weighted by Crippen LogP contribution is -2.37. The molecular formula is C47H77NO14. The van der Waals surface area contributed by atoms with Crippen molar-refractivity contribution in [2.45, 2.75) is 92.9 Å². The molecule has 0 heterocycles. The number of benzene rings is 1. The van der Waals surface area contributed by atoms with Crippen LogP contribution in [0.1, 0.15) is 114 Å². The molecule has 0 aromatic heterocycles. The van der Waals surface area contributed by atoms with Gasteiger partial charge in [-0.2, -0.15) is 0 Å². The standard InChI is InChI=1S/C47H77NO14/c1-7-39(8-2)46(53)42-11-13-43(14-12-42)47(54)48(17-21-57-25-29-61-33-31-59-27-23-55-19-15-44(51)35-40(9-3)37(5)49)18-22-58-26-30-62-34-32-60-28-24-56-20-16-45(52)36-41(10-4)38(6)50/h11-14,39-41H,7-10,15-36H2,1-6H3. The second-order valence-electron chi connectivity index (χ2n) is 15.1. The Morgan fingerprint density at radius 1 is 0.419 bits per heavy atom. The Morgan fingerprint density at radius 3 is 1.02 bits per heavy atom. The number of ketones is 5. The van der Waals surface area contributed by atoms with Gasteiger partial charge in [0.1, 0.15) is 23.1 Å². The number of ether oxygens (including phenoxy) is 8. The molecule has 0 radical (unpaired) electrons. The topological polar surface area (TPSA) is 180 Å². The summed E-state index contributed by atoms with van der Waals surface area (Å²) in [5, 5.41) is 0. The molecule has 0 saturated carbocycles. The third-order valence-corrected chi connectivity index (χ3v) is 10.4. The van der Waals surface area contributed by atoms with Gasteiger partial charge in [-0.3, -0.25) is 28.8 Å². The van der Waals surface area contributed by atoms with Crippen LogP contribution in [0.2, 0.25) is 0 Å². The van der Waals surface area contributed by atoms with Crippen molar-refractivity contribution in [3.8, 4) is 0 Å². The fraction of sp³-hybridized carbons (Fsp3) is 0.745. The zero-order valence-corrected chi connectivity index (χ0v) is 38.6. The van der Waals surface area contributed by atoms with Crippen molar-refractivity contribution in [3.05, 3.63) is 35.4 Å². The Labute approximate surface area is 370 Å². The van der Waals surface area contributed by atoms with E-state index in [1.165, 1.54) is 13.8 Å². The first-order chi connectivity index (χ1) is 30.0. The van der Waals surface area contributed by atoms with Gasteiger partial charge in [-0.05, 0) is 51.7 Å². The Hall–Kier alpha value is -3.28. The highest BCUT2D eigenvalue weighted by Gasteiger charge is 2.20. The molecule has 2 atom stereocenters. The van der Waals surface area contributed by atoms with Crippen molar-refractivity contribution in [1.29, 1.82) is 0 Å². The van der Waals surface area contributed by atoms with E-state index >= 15 is 0 Å². The van der Waals surface area contributed by atoms with Crippen molar-refractivity contribution in [1.82, 2.24) is 4.90 Å². The van der Waals surface area contributed by atoms with Crippen LogP contribution in [0.4, 0.5) is 0 Å². The number of rotatable bonds is 43. The second-order valence-corrected chi connectivity index (χ2v) is 15.1. The first-order valence-electron chi connectivity index (χ1n) is 22.6. The highest BCUT2D eigenvalue weighted by molar-refractivity contribution is 6.00. The van der Waals surface area contributed by atoms with Crippen molar-refractivity contribution < 1.29 is 66.7 Å². The summed E-state index contributed by atoms with van der Waals surface area (Å²) in [5.74, 6) is -0.419. The van der Waals surface area contributed by atoms with E-state index in [9.17, 15) is 28.8 Å². The molecule has 1 rings (SSSR count). The molecule has 1 aromatic carbocycles. The minimum Gasteiger partial charge on any atom is -0.379 e. The SMILES string of the molecule is CCC(CC(=O)CCOCCOCCOCCOCCN(CCOCCOCCOCCOCCC(=O)CC(CC)C(C)=O)C(=O)c1ccc(C(=O)C(CC)CC)cc1)C(C)=O. The molecule has 0 N–H and O–H groups in total. The van der Waals surface area contributed by atoms with E-state index in [4.69, 9.17) is 37.9 Å². The van der Waals surface area contributed by atoms with Crippen molar-refractivity contribution in [2.24, 2.45) is 17.8 Å². The molecule has 0 spiro atoms. The molecule has 0 fully saturated rings. The van der Waals surface area contributed by atoms with E-state index in [2.05, 4.69) is 0 Å². The molecule has 62 heavy (non-hydrogen) atoms. The van der Waals surface area contributed by atoms with Gasteiger partial charge < -0.3 is 42.8 Å². The summed E-state index contributed by atoms with van der Waals surface area (Å²) >= 11 is 0. The average molecular weight is 880 g/mol. The Morgan fingerprint density at radius 2 is 0.710 bits per heavy atom. The van der Waals surface area contributed by atoms with Gasteiger partial charge in [0, 0.05) is 67.7 Å². The van der Waals surface area contributed by atoms with E-state index in [1.54, 1.807) is 29.2 Å². The second kappa shape index (κ2) is 37.1. The average Bonchev–Trinajstić information content (AvgIpc) is 3.26. The van der Waals surface area contributed by atoms with Gasteiger partial charge in [-0.25, -0.2) is 0 Å². The molecule has 354 valence electrons. The molecule has 0 aliphatic rings. The van der Waals surface area contributed by atoms with Crippen molar-refractivity contribution >= 4 is 34.8 Å². The molecule has 1 aromatic rings. The number of hydrogen-bond donors (Lipinski definition) is 0. The van der Waals surface area contributed by atoms with Crippen LogP contribution in [-0.4, -0.2) is 159 Å². The highest BCUT2D eigenvalue weighted by atomic mass is 16.6. The molecule has 0 bridgehead atoms. The summed E-state index contributed by atoms with van der Waals surface area (Å²) in [5.41, 5.74) is 1.07. The molecule has 1 amide bonds. The van der Waals surface area contributed by atoms with Gasteiger partial charge in [-0.15, -0.1) is 0 Å². The summed E-state index contributed by atoms with van der Waals surface area (Å²) in [6.45, 7) is 17.1. The van der Waals surface area contributed by atoms with Crippen LogP contribution < -0.4 is 0 Å². The summed E-state index contributed by atoms with van der Waals surface area (Å²) in [4.78, 5) is 75.2. The van der Waals surface area contributed by atoms with Gasteiger partial charge in [0.05, 0.1) is 106 Å². The Bertz CT molecular complexity index is 1320. The molecule has 15 nitrogen and oxygen atoms in total. The maximum absolute atomic E-state index is 13.6. The van der Waals surface area contributed by atoms with Gasteiger partial charge in [0.15, 0.2) is 5.78 Å². The van der Waals surface area contributed by atoms with Crippen molar-refractivity contribution in [2.75, 3.05) is 119 Å². The minimum atomic E-state index is -0.207. The fourth-order valence-corrected chi connectivity index (χ4v) is 6.32. The maximum atomic E-state index is 13.6. The fourth-order valence-electron chi connectivity index (χ4n) is 6.32. The van der Waals surface area contributed by atoms with Crippen molar-refractivity contribution in [3.63, 3.8) is 0 Å². The molecule has 2 unspecified atom stereocenters. The number of amides is 1. The predicted molar refractivity (Wildman–Crippen MR) is 235 cm³/mol. The lowest BCUT2D eigenvalue weighted by atomic mass is 9.92. The van der Waals surface area contributed by atoms with Gasteiger partial charge in [0.2, 0.25) is 0 Å². The molecule has 15 heteroatoms. The third kappa shape index (κ3) is 27.0. The van der Waals surface area contributed by atoms with E-state index in [-0.39, 0.29) is 91.5 Å². The largest absolute Gasteiger partial charge is 0.379 e. The van der Waals surface area contributed by atoms with Crippen LogP contribution in [0.3, 0.4) is 0 Å². The first kappa shape index (κ1) is 56.7. The summed E-state index contributed by atoms with van der Waals surface area (Å²) in [6.07, 6.45) is 3.95. The maximum Gasteiger partial charge on any atom is 0.254 e. The number of Topliss-reactive ketones (excluding diaryl/α,β-unsaturated/α-hetero) is 5. The van der Waals surface area contributed by atoms with Gasteiger partial charge >= 0.3 is 0 Å². The quantitative estimate of drug-likeness (QED) is 0.0567. The summed E-state index contributed by atoms with van der Waals surface area (Å²) in [7, 11) is 0. The van der Waals surface area contributed by atoms with Crippen LogP contribution in [0.25, 0.3) is 0 Å². The minimum absolute atomic E-state index is 0.0300. The van der Waals surface area contributed by atoms with Crippen LogP contribution in [0.5, 0.6) is 0 Å². The molecule has 0 aliphatic heterocycles. The number of nitrogens with zero attached hydrogens (tertiary/aromatic N) is 1. The smallest absolute Gasteiger partial charge is 0.254 e. The number of carbonyl (C=O) groups excluding carboxylic acids is 6. The van der Waals surface area contributed by atoms with Crippen LogP contribution in [0, 0.1) is 17.8 Å². The lowest BCUT2D eigenvalue weighted by Gasteiger charge is -2.23. The van der Waals surface area contributed by atoms with E-state index in [0.717, 1.165) is 12.8 Å². The number of carbonyl (C=O) groups is 6. The van der Waals surface area contributed by atoms with Crippen LogP contribution >= 0.6 is 0 Å². The van der Waals surface area contributed by atoms with E-state index < -0.39 is 0 Å². The third-order valence-electron chi connectivity index (χ3n) is 10.4. The van der Waals surface area contributed by atoms with Crippen LogP contribution in [0.15, 0.2) is 24.3 Å². The monoisotopic (exact) mass is 880 g/mol. The molecular weight excluding hydrogens is 803 g/mol. The van der Waals surface area contributed by atoms with Crippen LogP contribution in [-0.2, 0) is 57.1 Å². The van der Waals surface area contributed by atoms with E-state index in [1.807, 2.05) is 27.7 Å². The normalized spacial score (nSPS) is 12.4. The summed E-state index contributed by atoms with van der Waals surface area (Å²) in [6, 6.07) is 6.82. The highest BCUT2D eigenvalue weighted by Crippen LogP contribution is 2.17. The first-order valence-corrected chi connectivity index (χ1v) is 22.6. The predicted octanol–water partition coefficient (Wildman–Crippen LogP) is 5.81. The van der Waals surface area contributed by atoms with E-state index in [0.29, 0.717) is 130 Å². The van der Waals surface area contributed by atoms with Gasteiger partial charge in [0.25, 0.3) is 5.91 Å². The Balaban J connectivity index is 2.33. The Kier molecular flexibility index (Phi) is 34.0. The zero-order valence-electron chi connectivity index (χ0n) is 38.6. The van der Waals surface area contributed by atoms with Gasteiger partial charge in [-0.1, -0.05) is 39.8 Å². The number of hydrogen-bond acceptors (Lipinski definition) is 14. The zero-order chi connectivity index (χ0) is 45.8. The molecule has 0 aliphatic carbocycles. The summed E-state index contributed by atoms with van der Waals surface area (Å²) < 4.78 is 44.7.